The zero-order chi connectivity index (χ0) is 24.0. The van der Waals surface area contributed by atoms with Crippen molar-refractivity contribution in [3.8, 4) is 0 Å². The van der Waals surface area contributed by atoms with E-state index < -0.39 is 23.8 Å². The number of hydrazine groups is 1. The summed E-state index contributed by atoms with van der Waals surface area (Å²) in [6.07, 6.45) is 0.755. The summed E-state index contributed by atoms with van der Waals surface area (Å²) in [5.74, 6) is 3.32. The van der Waals surface area contributed by atoms with Crippen LogP contribution in [0.5, 0.6) is 0 Å². The molecule has 0 spiro atoms. The topological polar surface area (TPSA) is 127 Å². The summed E-state index contributed by atoms with van der Waals surface area (Å²) in [5, 5.41) is 4.53. The second kappa shape index (κ2) is 10.7. The molecule has 0 heterocycles. The van der Waals surface area contributed by atoms with Crippen LogP contribution < -0.4 is 22.3 Å². The van der Waals surface area contributed by atoms with Crippen molar-refractivity contribution in [3.63, 3.8) is 0 Å². The minimum absolute atomic E-state index is 0.152. The lowest BCUT2D eigenvalue weighted by molar-refractivity contribution is -0.130. The number of hydrogen-bond donors (Lipinski definition) is 4. The zero-order valence-corrected chi connectivity index (χ0v) is 18.9. The molecule has 0 aliphatic heterocycles. The predicted molar refractivity (Wildman–Crippen MR) is 129 cm³/mol. The first-order valence-corrected chi connectivity index (χ1v) is 11.0. The number of nitrogens with one attached hydrogen (secondary N) is 2. The van der Waals surface area contributed by atoms with Gasteiger partial charge in [-0.3, -0.25) is 19.8 Å². The Hall–Kier alpha value is -3.71. The Morgan fingerprint density at radius 3 is 2.18 bits per heavy atom. The van der Waals surface area contributed by atoms with Crippen LogP contribution >= 0.6 is 0 Å². The molecule has 0 aromatic heterocycles. The number of fused-ring (bicyclic) bond motifs is 1. The zero-order valence-electron chi connectivity index (χ0n) is 18.9. The molecule has 0 bridgehead atoms. The molecular weight excluding hydrogens is 416 g/mol. The van der Waals surface area contributed by atoms with Crippen LogP contribution in [0.15, 0.2) is 66.7 Å². The van der Waals surface area contributed by atoms with Crippen molar-refractivity contribution in [1.82, 2.24) is 10.7 Å². The van der Waals surface area contributed by atoms with Crippen molar-refractivity contribution in [3.05, 3.63) is 83.4 Å². The molecule has 2 atom stereocenters. The standard InChI is InChI=1S/C26H30N4O3/c1-16(2)14-22(26(33)30-28)29-25(32)21(15-17-8-4-3-5-9-17)23-19-11-7-6-10-18(19)12-13-20(23)24(27)31/h3-13,16,21-22H,14-15,28H2,1-2H3,(H2,27,31)(H,29,32)(H,30,33)/t21-,22+/m0/s1. The lowest BCUT2D eigenvalue weighted by atomic mass is 9.84. The van der Waals surface area contributed by atoms with Crippen molar-refractivity contribution in [2.24, 2.45) is 17.5 Å². The highest BCUT2D eigenvalue weighted by molar-refractivity contribution is 6.04. The molecule has 3 aromatic rings. The maximum absolute atomic E-state index is 13.7. The number of amides is 3. The van der Waals surface area contributed by atoms with Gasteiger partial charge in [-0.05, 0) is 46.7 Å². The van der Waals surface area contributed by atoms with Crippen LogP contribution in [-0.4, -0.2) is 23.8 Å². The second-order valence-electron chi connectivity index (χ2n) is 8.55. The van der Waals surface area contributed by atoms with Crippen LogP contribution in [0.25, 0.3) is 10.8 Å². The van der Waals surface area contributed by atoms with Crippen molar-refractivity contribution in [2.75, 3.05) is 0 Å². The number of primary amides is 1. The first kappa shape index (κ1) is 23.9. The molecule has 0 saturated heterocycles. The summed E-state index contributed by atoms with van der Waals surface area (Å²) >= 11 is 0. The molecule has 172 valence electrons. The average molecular weight is 447 g/mol. The van der Waals surface area contributed by atoms with Gasteiger partial charge in [0.05, 0.1) is 5.92 Å². The summed E-state index contributed by atoms with van der Waals surface area (Å²) in [6, 6.07) is 19.8. The molecule has 0 radical (unpaired) electrons. The Bertz CT molecular complexity index is 1140. The van der Waals surface area contributed by atoms with Crippen molar-refractivity contribution in [1.29, 1.82) is 0 Å². The molecule has 0 saturated carbocycles. The molecule has 0 fully saturated rings. The molecular formula is C26H30N4O3. The Kier molecular flexibility index (Phi) is 7.79. The number of carbonyl (C=O) groups excluding carboxylic acids is 3. The molecule has 6 N–H and O–H groups in total. The largest absolute Gasteiger partial charge is 0.366 e. The molecule has 7 nitrogen and oxygen atoms in total. The van der Waals surface area contributed by atoms with E-state index in [2.05, 4.69) is 10.7 Å². The first-order valence-electron chi connectivity index (χ1n) is 11.0. The first-order chi connectivity index (χ1) is 15.8. The van der Waals surface area contributed by atoms with E-state index >= 15 is 0 Å². The number of carbonyl (C=O) groups is 3. The van der Waals surface area contributed by atoms with Crippen LogP contribution in [-0.2, 0) is 16.0 Å². The average Bonchev–Trinajstić information content (AvgIpc) is 2.81. The van der Waals surface area contributed by atoms with Gasteiger partial charge in [0.25, 0.3) is 5.91 Å². The van der Waals surface area contributed by atoms with Crippen molar-refractivity contribution in [2.45, 2.75) is 38.6 Å². The van der Waals surface area contributed by atoms with Gasteiger partial charge in [-0.25, -0.2) is 5.84 Å². The fourth-order valence-corrected chi connectivity index (χ4v) is 4.14. The van der Waals surface area contributed by atoms with Crippen molar-refractivity contribution < 1.29 is 14.4 Å². The lowest BCUT2D eigenvalue weighted by Gasteiger charge is -2.25. The maximum Gasteiger partial charge on any atom is 0.256 e. The van der Waals surface area contributed by atoms with Crippen LogP contribution in [0.2, 0.25) is 0 Å². The Balaban J connectivity index is 2.13. The highest BCUT2D eigenvalue weighted by atomic mass is 16.2. The molecule has 3 amide bonds. The number of benzene rings is 3. The van der Waals surface area contributed by atoms with E-state index in [0.29, 0.717) is 18.4 Å². The molecule has 7 heteroatoms. The third kappa shape index (κ3) is 5.75. The SMILES string of the molecule is CC(C)C[C@@H](NC(=O)[C@@H](Cc1ccccc1)c1c(C(N)=O)ccc2ccccc12)C(=O)NN. The normalized spacial score (nSPS) is 12.8. The van der Waals surface area contributed by atoms with Crippen LogP contribution in [0, 0.1) is 5.92 Å². The van der Waals surface area contributed by atoms with E-state index in [1.54, 1.807) is 6.07 Å². The van der Waals surface area contributed by atoms with Crippen LogP contribution in [0.1, 0.15) is 47.7 Å². The predicted octanol–water partition coefficient (Wildman–Crippen LogP) is 2.79. The molecule has 0 aliphatic rings. The second-order valence-corrected chi connectivity index (χ2v) is 8.55. The van der Waals surface area contributed by atoms with E-state index in [0.717, 1.165) is 16.3 Å². The van der Waals surface area contributed by atoms with E-state index in [9.17, 15) is 14.4 Å². The minimum atomic E-state index is -0.798. The van der Waals surface area contributed by atoms with E-state index in [4.69, 9.17) is 11.6 Å². The monoisotopic (exact) mass is 446 g/mol. The molecule has 33 heavy (non-hydrogen) atoms. The Morgan fingerprint density at radius 2 is 1.55 bits per heavy atom. The smallest absolute Gasteiger partial charge is 0.256 e. The summed E-state index contributed by atoms with van der Waals surface area (Å²) in [4.78, 5) is 38.4. The fourth-order valence-electron chi connectivity index (χ4n) is 4.14. The summed E-state index contributed by atoms with van der Waals surface area (Å²) in [6.45, 7) is 3.92. The van der Waals surface area contributed by atoms with Gasteiger partial charge in [-0.2, -0.15) is 0 Å². The number of nitrogens with two attached hydrogens (primary N) is 2. The van der Waals surface area contributed by atoms with E-state index in [1.807, 2.05) is 74.5 Å². The lowest BCUT2D eigenvalue weighted by Crippen LogP contribution is -2.50. The van der Waals surface area contributed by atoms with E-state index in [1.165, 1.54) is 0 Å². The molecule has 0 unspecified atom stereocenters. The number of hydrogen-bond acceptors (Lipinski definition) is 4. The van der Waals surface area contributed by atoms with Gasteiger partial charge >= 0.3 is 0 Å². The highest BCUT2D eigenvalue weighted by Crippen LogP contribution is 2.32. The third-order valence-corrected chi connectivity index (χ3v) is 5.67. The van der Waals surface area contributed by atoms with Gasteiger partial charge in [-0.1, -0.05) is 74.5 Å². The summed E-state index contributed by atoms with van der Waals surface area (Å²) in [7, 11) is 0. The van der Waals surface area contributed by atoms with Gasteiger partial charge in [0, 0.05) is 5.56 Å². The quantitative estimate of drug-likeness (QED) is 0.229. The van der Waals surface area contributed by atoms with Gasteiger partial charge in [0.1, 0.15) is 6.04 Å². The third-order valence-electron chi connectivity index (χ3n) is 5.67. The summed E-state index contributed by atoms with van der Waals surface area (Å²) < 4.78 is 0. The fraction of sp³-hybridized carbons (Fsp3) is 0.269. The van der Waals surface area contributed by atoms with Gasteiger partial charge in [-0.15, -0.1) is 0 Å². The summed E-state index contributed by atoms with van der Waals surface area (Å²) in [5.41, 5.74) is 9.62. The van der Waals surface area contributed by atoms with Crippen molar-refractivity contribution >= 4 is 28.5 Å². The Morgan fingerprint density at radius 1 is 0.879 bits per heavy atom. The van der Waals surface area contributed by atoms with Gasteiger partial charge in [0.2, 0.25) is 11.8 Å². The minimum Gasteiger partial charge on any atom is -0.366 e. The molecule has 3 aromatic carbocycles. The number of rotatable bonds is 9. The molecule has 0 aliphatic carbocycles. The van der Waals surface area contributed by atoms with Crippen LogP contribution in [0.3, 0.4) is 0 Å². The van der Waals surface area contributed by atoms with Gasteiger partial charge in [0.15, 0.2) is 0 Å². The highest BCUT2D eigenvalue weighted by Gasteiger charge is 2.30. The Labute approximate surface area is 193 Å². The molecule has 3 rings (SSSR count). The van der Waals surface area contributed by atoms with E-state index in [-0.39, 0.29) is 17.4 Å². The van der Waals surface area contributed by atoms with Gasteiger partial charge < -0.3 is 11.1 Å². The van der Waals surface area contributed by atoms with Crippen LogP contribution in [0.4, 0.5) is 0 Å². The maximum atomic E-state index is 13.7.